The van der Waals surface area contributed by atoms with Gasteiger partial charge in [0.1, 0.15) is 0 Å². The predicted octanol–water partition coefficient (Wildman–Crippen LogP) is 2.76. The number of rotatable bonds is 2. The van der Waals surface area contributed by atoms with Crippen LogP contribution in [0.4, 0.5) is 0 Å². The minimum absolute atomic E-state index is 0.208. The van der Waals surface area contributed by atoms with Gasteiger partial charge in [-0.2, -0.15) is 0 Å². The second kappa shape index (κ2) is 5.08. The molecule has 1 aromatic carbocycles. The second-order valence-electron chi connectivity index (χ2n) is 5.19. The van der Waals surface area contributed by atoms with E-state index in [0.717, 1.165) is 40.1 Å². The molecule has 4 heteroatoms. The Morgan fingerprint density at radius 2 is 2.21 bits per heavy atom. The lowest BCUT2D eigenvalue weighted by Gasteiger charge is -2.17. The zero-order valence-electron chi connectivity index (χ0n) is 10.9. The first-order chi connectivity index (χ1) is 9.15. The number of aliphatic hydroxyl groups is 1. The third-order valence-corrected chi connectivity index (χ3v) is 4.27. The quantitative estimate of drug-likeness (QED) is 0.916. The first kappa shape index (κ1) is 12.9. The summed E-state index contributed by atoms with van der Waals surface area (Å²) in [4.78, 5) is 6.87. The molecule has 0 radical (unpaired) electrons. The summed E-state index contributed by atoms with van der Waals surface area (Å²) in [5.74, 6) is 0. The van der Waals surface area contributed by atoms with Gasteiger partial charge in [-0.25, -0.2) is 4.98 Å². The number of nitrogens with zero attached hydrogens (tertiary/aromatic N) is 2. The number of hydrogen-bond acceptors (Lipinski definition) is 3. The Balaban J connectivity index is 1.97. The lowest BCUT2D eigenvalue weighted by molar-refractivity contribution is 0.174. The first-order valence-electron chi connectivity index (χ1n) is 6.59. The monoisotopic (exact) mass is 276 g/mol. The van der Waals surface area contributed by atoms with Gasteiger partial charge in [0.15, 0.2) is 0 Å². The number of halogens is 1. The second-order valence-corrected chi connectivity index (χ2v) is 5.57. The first-order valence-corrected chi connectivity index (χ1v) is 6.97. The van der Waals surface area contributed by atoms with E-state index in [0.29, 0.717) is 13.1 Å². The predicted molar refractivity (Wildman–Crippen MR) is 77.4 cm³/mol. The van der Waals surface area contributed by atoms with Crippen molar-refractivity contribution in [2.24, 2.45) is 0 Å². The van der Waals surface area contributed by atoms with Gasteiger partial charge in [-0.15, -0.1) is 0 Å². The Hall–Kier alpha value is -1.16. The molecule has 0 amide bonds. The van der Waals surface area contributed by atoms with Gasteiger partial charge in [0.2, 0.25) is 0 Å². The molecule has 1 aliphatic rings. The maximum Gasteiger partial charge on any atom is 0.0740 e. The summed E-state index contributed by atoms with van der Waals surface area (Å²) in [6, 6.07) is 8.06. The van der Waals surface area contributed by atoms with Gasteiger partial charge in [-0.05, 0) is 25.0 Å². The fourth-order valence-electron chi connectivity index (χ4n) is 2.69. The molecular formula is C15H17ClN2O. The van der Waals surface area contributed by atoms with Crippen molar-refractivity contribution >= 4 is 22.5 Å². The fraction of sp³-hybridized carbons (Fsp3) is 0.400. The van der Waals surface area contributed by atoms with E-state index in [1.165, 1.54) is 0 Å². The van der Waals surface area contributed by atoms with Crippen LogP contribution in [-0.4, -0.2) is 34.2 Å². The van der Waals surface area contributed by atoms with Crippen molar-refractivity contribution in [3.63, 3.8) is 0 Å². The van der Waals surface area contributed by atoms with Gasteiger partial charge in [-0.1, -0.05) is 29.8 Å². The Kier molecular flexibility index (Phi) is 3.44. The van der Waals surface area contributed by atoms with Crippen molar-refractivity contribution in [1.29, 1.82) is 0 Å². The van der Waals surface area contributed by atoms with Crippen LogP contribution in [0.15, 0.2) is 24.3 Å². The van der Waals surface area contributed by atoms with Crippen LogP contribution in [-0.2, 0) is 6.54 Å². The average molecular weight is 277 g/mol. The third-order valence-electron chi connectivity index (χ3n) is 3.77. The molecular weight excluding hydrogens is 260 g/mol. The van der Waals surface area contributed by atoms with Crippen molar-refractivity contribution < 1.29 is 5.11 Å². The van der Waals surface area contributed by atoms with E-state index in [1.54, 1.807) is 0 Å². The van der Waals surface area contributed by atoms with Crippen molar-refractivity contribution in [3.05, 3.63) is 40.5 Å². The lowest BCUT2D eigenvalue weighted by atomic mass is 10.1. The van der Waals surface area contributed by atoms with Gasteiger partial charge < -0.3 is 5.11 Å². The number of benzene rings is 1. The summed E-state index contributed by atoms with van der Waals surface area (Å²) >= 11 is 6.44. The van der Waals surface area contributed by atoms with Crippen LogP contribution < -0.4 is 0 Å². The van der Waals surface area contributed by atoms with E-state index in [1.807, 2.05) is 31.2 Å². The van der Waals surface area contributed by atoms with E-state index in [4.69, 9.17) is 11.6 Å². The van der Waals surface area contributed by atoms with Crippen LogP contribution in [0.5, 0.6) is 0 Å². The van der Waals surface area contributed by atoms with Crippen LogP contribution >= 0.6 is 11.6 Å². The molecule has 0 saturated carbocycles. The summed E-state index contributed by atoms with van der Waals surface area (Å²) in [5.41, 5.74) is 2.98. The van der Waals surface area contributed by atoms with Crippen LogP contribution in [0, 0.1) is 6.92 Å². The highest BCUT2D eigenvalue weighted by Gasteiger charge is 2.22. The maximum absolute atomic E-state index is 9.58. The number of β-amino-alcohol motifs (C(OH)–C–C–N with tert-alkyl or cyclic N) is 1. The number of para-hydroxylation sites is 1. The normalized spacial score (nSPS) is 20.3. The largest absolute Gasteiger partial charge is 0.392 e. The number of likely N-dealkylation sites (tertiary alicyclic amines) is 1. The highest BCUT2D eigenvalue weighted by atomic mass is 35.5. The van der Waals surface area contributed by atoms with Gasteiger partial charge >= 0.3 is 0 Å². The van der Waals surface area contributed by atoms with Crippen molar-refractivity contribution in [2.45, 2.75) is 26.0 Å². The van der Waals surface area contributed by atoms with Gasteiger partial charge in [-0.3, -0.25) is 4.90 Å². The fourth-order valence-corrected chi connectivity index (χ4v) is 2.89. The molecule has 1 aliphatic heterocycles. The van der Waals surface area contributed by atoms with Crippen LogP contribution in [0.1, 0.15) is 17.7 Å². The minimum Gasteiger partial charge on any atom is -0.392 e. The molecule has 100 valence electrons. The summed E-state index contributed by atoms with van der Waals surface area (Å²) in [5, 5.41) is 11.4. The molecule has 3 rings (SSSR count). The molecule has 3 nitrogen and oxygen atoms in total. The van der Waals surface area contributed by atoms with E-state index in [9.17, 15) is 5.11 Å². The van der Waals surface area contributed by atoms with Crippen molar-refractivity contribution in [2.75, 3.05) is 13.1 Å². The molecule has 0 unspecified atom stereocenters. The van der Waals surface area contributed by atoms with Crippen molar-refractivity contribution in [1.82, 2.24) is 9.88 Å². The maximum atomic E-state index is 9.58. The highest BCUT2D eigenvalue weighted by Crippen LogP contribution is 2.28. The van der Waals surface area contributed by atoms with E-state index < -0.39 is 0 Å². The van der Waals surface area contributed by atoms with Crippen LogP contribution in [0.3, 0.4) is 0 Å². The highest BCUT2D eigenvalue weighted by molar-refractivity contribution is 6.32. The van der Waals surface area contributed by atoms with Crippen LogP contribution in [0.25, 0.3) is 10.9 Å². The average Bonchev–Trinajstić information content (AvgIpc) is 2.81. The summed E-state index contributed by atoms with van der Waals surface area (Å²) in [6.07, 6.45) is 0.629. The molecule has 0 spiro atoms. The van der Waals surface area contributed by atoms with Crippen molar-refractivity contribution in [3.8, 4) is 0 Å². The zero-order valence-corrected chi connectivity index (χ0v) is 11.7. The summed E-state index contributed by atoms with van der Waals surface area (Å²) < 4.78 is 0. The smallest absolute Gasteiger partial charge is 0.0740 e. The Morgan fingerprint density at radius 1 is 1.42 bits per heavy atom. The Bertz CT molecular complexity index is 614. The topological polar surface area (TPSA) is 36.4 Å². The molecule has 2 heterocycles. The number of hydrogen-bond donors (Lipinski definition) is 1. The van der Waals surface area contributed by atoms with Crippen LogP contribution in [0.2, 0.25) is 5.02 Å². The number of aryl methyl sites for hydroxylation is 1. The third kappa shape index (κ3) is 2.46. The van der Waals surface area contributed by atoms with E-state index in [-0.39, 0.29) is 6.10 Å². The SMILES string of the molecule is Cc1c(Cl)c(CN2CC[C@@H](O)C2)nc2ccccc12. The molecule has 1 saturated heterocycles. The molecule has 0 bridgehead atoms. The molecule has 2 aromatic rings. The number of aromatic nitrogens is 1. The summed E-state index contributed by atoms with van der Waals surface area (Å²) in [6.45, 7) is 4.37. The van der Waals surface area contributed by atoms with Gasteiger partial charge in [0, 0.05) is 25.0 Å². The molecule has 19 heavy (non-hydrogen) atoms. The standard InChI is InChI=1S/C15H17ClN2O/c1-10-12-4-2-3-5-13(12)17-14(15(10)16)9-18-7-6-11(19)8-18/h2-5,11,19H,6-9H2,1H3/t11-/m1/s1. The number of pyridine rings is 1. The lowest BCUT2D eigenvalue weighted by Crippen LogP contribution is -2.22. The van der Waals surface area contributed by atoms with E-state index in [2.05, 4.69) is 9.88 Å². The zero-order chi connectivity index (χ0) is 13.4. The summed E-state index contributed by atoms with van der Waals surface area (Å²) in [7, 11) is 0. The Morgan fingerprint density at radius 3 is 2.95 bits per heavy atom. The molecule has 0 aliphatic carbocycles. The minimum atomic E-state index is -0.208. The number of fused-ring (bicyclic) bond motifs is 1. The Labute approximate surface area is 117 Å². The molecule has 1 aromatic heterocycles. The molecule has 1 N–H and O–H groups in total. The number of aliphatic hydroxyl groups excluding tert-OH is 1. The van der Waals surface area contributed by atoms with Gasteiger partial charge in [0.25, 0.3) is 0 Å². The van der Waals surface area contributed by atoms with Gasteiger partial charge in [0.05, 0.1) is 22.3 Å². The molecule has 1 fully saturated rings. The molecule has 1 atom stereocenters. The van der Waals surface area contributed by atoms with E-state index >= 15 is 0 Å².